The maximum Gasteiger partial charge on any atom is 0.418 e. The summed E-state index contributed by atoms with van der Waals surface area (Å²) in [7, 11) is 2.67. The second kappa shape index (κ2) is 5.14. The number of alkyl halides is 3. The van der Waals surface area contributed by atoms with Gasteiger partial charge >= 0.3 is 6.18 Å². The summed E-state index contributed by atoms with van der Waals surface area (Å²) in [5.74, 6) is 0.395. The fourth-order valence-corrected chi connectivity index (χ4v) is 1.79. The molecule has 7 heteroatoms. The molecule has 0 spiro atoms. The Morgan fingerprint density at radius 3 is 2.06 bits per heavy atom. The van der Waals surface area contributed by atoms with Crippen molar-refractivity contribution >= 4 is 15.9 Å². The molecule has 0 aliphatic heterocycles. The fraction of sp³-hybridized carbons (Fsp3) is 0.400. The van der Waals surface area contributed by atoms with Crippen molar-refractivity contribution in [3.05, 3.63) is 22.2 Å². The van der Waals surface area contributed by atoms with Crippen molar-refractivity contribution < 1.29 is 27.8 Å². The van der Waals surface area contributed by atoms with E-state index in [2.05, 4.69) is 15.9 Å². The van der Waals surface area contributed by atoms with Crippen molar-refractivity contribution in [3.63, 3.8) is 0 Å². The number of halogens is 4. The topological polar surface area (TPSA) is 38.7 Å². The average Bonchev–Trinajstić information content (AvgIpc) is 2.26. The summed E-state index contributed by atoms with van der Waals surface area (Å²) in [6.45, 7) is 0. The third-order valence-electron chi connectivity index (χ3n) is 2.11. The summed E-state index contributed by atoms with van der Waals surface area (Å²) in [5.41, 5.74) is -0.324. The van der Waals surface area contributed by atoms with Crippen molar-refractivity contribution in [2.75, 3.05) is 14.2 Å². The molecule has 0 saturated heterocycles. The zero-order valence-corrected chi connectivity index (χ0v) is 10.6. The quantitative estimate of drug-likeness (QED) is 0.932. The van der Waals surface area contributed by atoms with Crippen LogP contribution >= 0.6 is 15.9 Å². The molecule has 17 heavy (non-hydrogen) atoms. The Hall–Kier alpha value is -0.950. The molecule has 0 fully saturated rings. The van der Waals surface area contributed by atoms with E-state index in [4.69, 9.17) is 9.47 Å². The second-order valence-electron chi connectivity index (χ2n) is 3.17. The number of aliphatic hydroxyl groups is 1. The molecule has 1 N–H and O–H groups in total. The van der Waals surface area contributed by atoms with Crippen LogP contribution in [-0.4, -0.2) is 25.5 Å². The van der Waals surface area contributed by atoms with Gasteiger partial charge in [0.15, 0.2) is 17.6 Å². The molecule has 0 saturated carbocycles. The molecule has 3 nitrogen and oxygen atoms in total. The van der Waals surface area contributed by atoms with Crippen molar-refractivity contribution in [1.82, 2.24) is 0 Å². The standard InChI is InChI=1S/C10H10BrF3O3/c1-16-7-3-5(9(15)10(12,13)14)6(11)4-8(7)17-2/h3-4,9,15H,1-2H3. The van der Waals surface area contributed by atoms with Crippen LogP contribution in [0.15, 0.2) is 16.6 Å². The van der Waals surface area contributed by atoms with E-state index in [0.717, 1.165) is 6.07 Å². The van der Waals surface area contributed by atoms with Gasteiger partial charge in [-0.1, -0.05) is 15.9 Å². The van der Waals surface area contributed by atoms with Crippen LogP contribution < -0.4 is 9.47 Å². The van der Waals surface area contributed by atoms with Gasteiger partial charge < -0.3 is 14.6 Å². The SMILES string of the molecule is COc1cc(Br)c(C(O)C(F)(F)F)cc1OC. The van der Waals surface area contributed by atoms with E-state index >= 15 is 0 Å². The van der Waals surface area contributed by atoms with Gasteiger partial charge in [-0.25, -0.2) is 0 Å². The first-order valence-electron chi connectivity index (χ1n) is 4.47. The molecular formula is C10H10BrF3O3. The van der Waals surface area contributed by atoms with Gasteiger partial charge in [0.1, 0.15) is 0 Å². The minimum absolute atomic E-state index is 0.0972. The highest BCUT2D eigenvalue weighted by atomic mass is 79.9. The van der Waals surface area contributed by atoms with Crippen molar-refractivity contribution in [2.24, 2.45) is 0 Å². The van der Waals surface area contributed by atoms with E-state index in [1.807, 2.05) is 0 Å². The van der Waals surface area contributed by atoms with Crippen LogP contribution in [0.4, 0.5) is 13.2 Å². The lowest BCUT2D eigenvalue weighted by molar-refractivity contribution is -0.207. The number of ether oxygens (including phenoxy) is 2. The Morgan fingerprint density at radius 1 is 1.18 bits per heavy atom. The zero-order chi connectivity index (χ0) is 13.2. The molecule has 1 atom stereocenters. The monoisotopic (exact) mass is 314 g/mol. The van der Waals surface area contributed by atoms with Gasteiger partial charge in [0, 0.05) is 10.0 Å². The molecular weight excluding hydrogens is 305 g/mol. The van der Waals surface area contributed by atoms with Gasteiger partial charge in [-0.05, 0) is 12.1 Å². The van der Waals surface area contributed by atoms with Gasteiger partial charge in [-0.3, -0.25) is 0 Å². The lowest BCUT2D eigenvalue weighted by Gasteiger charge is -2.18. The minimum atomic E-state index is -4.73. The molecule has 0 bridgehead atoms. The van der Waals surface area contributed by atoms with Crippen LogP contribution in [0.1, 0.15) is 11.7 Å². The van der Waals surface area contributed by atoms with Crippen LogP contribution in [0, 0.1) is 0 Å². The van der Waals surface area contributed by atoms with Gasteiger partial charge in [0.2, 0.25) is 0 Å². The van der Waals surface area contributed by atoms with Gasteiger partial charge in [0.05, 0.1) is 14.2 Å². The molecule has 1 unspecified atom stereocenters. The highest BCUT2D eigenvalue weighted by molar-refractivity contribution is 9.10. The van der Waals surface area contributed by atoms with Crippen LogP contribution in [0.3, 0.4) is 0 Å². The van der Waals surface area contributed by atoms with Crippen LogP contribution in [0.5, 0.6) is 11.5 Å². The Labute approximate surface area is 104 Å². The highest BCUT2D eigenvalue weighted by Crippen LogP contribution is 2.41. The lowest BCUT2D eigenvalue weighted by atomic mass is 10.1. The number of methoxy groups -OCH3 is 2. The summed E-state index contributed by atoms with van der Waals surface area (Å²) in [6.07, 6.45) is -7.31. The molecule has 1 rings (SSSR count). The summed E-state index contributed by atoms with van der Waals surface area (Å²) < 4.78 is 47.1. The maximum absolute atomic E-state index is 12.4. The molecule has 0 amide bonds. The Bertz CT molecular complexity index is 407. The summed E-state index contributed by atoms with van der Waals surface area (Å²) >= 11 is 2.95. The van der Waals surface area contributed by atoms with E-state index in [0.29, 0.717) is 0 Å². The highest BCUT2D eigenvalue weighted by Gasteiger charge is 2.40. The first-order chi connectivity index (χ1) is 7.81. The van der Waals surface area contributed by atoms with Crippen molar-refractivity contribution in [2.45, 2.75) is 12.3 Å². The van der Waals surface area contributed by atoms with E-state index < -0.39 is 12.3 Å². The Balaban J connectivity index is 3.26. The van der Waals surface area contributed by atoms with Crippen LogP contribution in [0.2, 0.25) is 0 Å². The number of benzene rings is 1. The van der Waals surface area contributed by atoms with Gasteiger partial charge in [-0.2, -0.15) is 13.2 Å². The van der Waals surface area contributed by atoms with Crippen LogP contribution in [0.25, 0.3) is 0 Å². The smallest absolute Gasteiger partial charge is 0.418 e. The van der Waals surface area contributed by atoms with Gasteiger partial charge in [0.25, 0.3) is 0 Å². The van der Waals surface area contributed by atoms with Crippen LogP contribution in [-0.2, 0) is 0 Å². The number of aliphatic hydroxyl groups excluding tert-OH is 1. The van der Waals surface area contributed by atoms with Gasteiger partial charge in [-0.15, -0.1) is 0 Å². The molecule has 96 valence electrons. The Morgan fingerprint density at radius 2 is 1.65 bits per heavy atom. The summed E-state index contributed by atoms with van der Waals surface area (Å²) in [5, 5.41) is 9.17. The third-order valence-corrected chi connectivity index (χ3v) is 2.79. The molecule has 1 aromatic carbocycles. The first kappa shape index (κ1) is 14.1. The molecule has 1 aromatic rings. The molecule has 0 radical (unpaired) electrons. The van der Waals surface area contributed by atoms with Crippen molar-refractivity contribution in [1.29, 1.82) is 0 Å². The molecule has 0 aliphatic rings. The zero-order valence-electron chi connectivity index (χ0n) is 9.01. The maximum atomic E-state index is 12.4. The number of hydrogen-bond donors (Lipinski definition) is 1. The summed E-state index contributed by atoms with van der Waals surface area (Å²) in [4.78, 5) is 0. The summed E-state index contributed by atoms with van der Waals surface area (Å²) in [6, 6.07) is 2.39. The average molecular weight is 315 g/mol. The van der Waals surface area contributed by atoms with Crippen molar-refractivity contribution in [3.8, 4) is 11.5 Å². The predicted octanol–water partition coefficient (Wildman–Crippen LogP) is 3.06. The second-order valence-corrected chi connectivity index (χ2v) is 4.03. The van der Waals surface area contributed by atoms with E-state index in [1.165, 1.54) is 20.3 Å². The van der Waals surface area contributed by atoms with E-state index in [-0.39, 0.29) is 21.5 Å². The largest absolute Gasteiger partial charge is 0.493 e. The lowest BCUT2D eigenvalue weighted by Crippen LogP contribution is -2.20. The molecule has 0 aromatic heterocycles. The first-order valence-corrected chi connectivity index (χ1v) is 5.26. The minimum Gasteiger partial charge on any atom is -0.493 e. The number of rotatable bonds is 3. The predicted molar refractivity (Wildman–Crippen MR) is 58.3 cm³/mol. The Kier molecular flexibility index (Phi) is 4.26. The molecule has 0 heterocycles. The van der Waals surface area contributed by atoms with E-state index in [1.54, 1.807) is 0 Å². The fourth-order valence-electron chi connectivity index (χ4n) is 1.26. The molecule has 0 aliphatic carbocycles. The number of hydrogen-bond acceptors (Lipinski definition) is 3. The normalized spacial score (nSPS) is 13.4. The third kappa shape index (κ3) is 3.04. The van der Waals surface area contributed by atoms with E-state index in [9.17, 15) is 18.3 Å².